The lowest BCUT2D eigenvalue weighted by molar-refractivity contribution is -0.421. The molecule has 5 aliphatic rings. The predicted octanol–water partition coefficient (Wildman–Crippen LogP) is -2.89. The summed E-state index contributed by atoms with van der Waals surface area (Å²) in [6.45, 7) is -2.99. The second-order valence-corrected chi connectivity index (χ2v) is 23.7. The zero-order valence-electron chi connectivity index (χ0n) is 53.9. The number of carbonyl (C=O) groups is 5. The predicted molar refractivity (Wildman–Crippen MR) is 334 cm³/mol. The molecule has 0 amide bonds. The average molecular weight is 1430 g/mol. The number of phenols is 2. The topological polar surface area (TPSA) is 507 Å². The summed E-state index contributed by atoms with van der Waals surface area (Å²) in [4.78, 5) is 68.6. The molecule has 101 heavy (non-hydrogen) atoms. The van der Waals surface area contributed by atoms with Gasteiger partial charge in [0.15, 0.2) is 42.6 Å². The minimum atomic E-state index is -3.00. The number of hydrogen-bond donors (Lipinski definition) is 14. The van der Waals surface area contributed by atoms with Crippen LogP contribution in [0.4, 0.5) is 0 Å². The summed E-state index contributed by atoms with van der Waals surface area (Å²) in [5, 5.41) is 153. The van der Waals surface area contributed by atoms with Crippen LogP contribution in [0.2, 0.25) is 0 Å². The van der Waals surface area contributed by atoms with Gasteiger partial charge in [-0.3, -0.25) is 4.79 Å². The van der Waals surface area contributed by atoms with E-state index >= 15 is 0 Å². The van der Waals surface area contributed by atoms with E-state index in [0.717, 1.165) is 31.2 Å². The van der Waals surface area contributed by atoms with Crippen molar-refractivity contribution in [2.75, 3.05) is 40.1 Å². The van der Waals surface area contributed by atoms with Crippen molar-refractivity contribution < 1.29 is 167 Å². The number of rotatable bonds is 26. The van der Waals surface area contributed by atoms with Crippen LogP contribution in [0, 0.1) is 0 Å². The highest BCUT2D eigenvalue weighted by Gasteiger charge is 2.64. The fraction of sp³-hybridized carbons (Fsp3) is 0.478. The van der Waals surface area contributed by atoms with Crippen LogP contribution in [0.3, 0.4) is 0 Å². The van der Waals surface area contributed by atoms with E-state index in [1.54, 1.807) is 6.07 Å². The third-order valence-corrected chi connectivity index (χ3v) is 16.7. The zero-order chi connectivity index (χ0) is 73.0. The molecule has 0 aliphatic carbocycles. The quantitative estimate of drug-likeness (QED) is 0.0170. The molecule has 5 aliphatic heterocycles. The number of hydrogen-bond acceptors (Lipinski definition) is 34. The van der Waals surface area contributed by atoms with Gasteiger partial charge in [0.1, 0.15) is 129 Å². The first kappa shape index (κ1) is 77.0. The van der Waals surface area contributed by atoms with Crippen LogP contribution in [0.15, 0.2) is 115 Å². The number of esters is 5. The van der Waals surface area contributed by atoms with Crippen LogP contribution in [-0.4, -0.2) is 288 Å². The maximum Gasteiger partial charge on any atom is 0.338 e. The molecule has 550 valence electrons. The highest BCUT2D eigenvalue weighted by molar-refractivity contribution is 5.90. The molecule has 0 radical (unpaired) electrons. The Labute approximate surface area is 574 Å². The minimum absolute atomic E-state index is 0.0319. The zero-order valence-corrected chi connectivity index (χ0v) is 53.9. The number of methoxy groups -OCH3 is 1. The maximum absolute atomic E-state index is 14.6. The van der Waals surface area contributed by atoms with Crippen LogP contribution in [0.5, 0.6) is 23.0 Å². The van der Waals surface area contributed by atoms with E-state index in [1.165, 1.54) is 117 Å². The normalized spacial score (nSPS) is 34.3. The lowest BCUT2D eigenvalue weighted by Gasteiger charge is -2.50. The lowest BCUT2D eigenvalue weighted by atomic mass is 9.95. The molecule has 0 bridgehead atoms. The van der Waals surface area contributed by atoms with E-state index in [4.69, 9.17) is 71.1 Å². The summed E-state index contributed by atoms with van der Waals surface area (Å²) in [7, 11) is 1.24. The Morgan fingerprint density at radius 3 is 1.59 bits per heavy atom. The largest absolute Gasteiger partial charge is 0.508 e. The van der Waals surface area contributed by atoms with Crippen molar-refractivity contribution in [2.24, 2.45) is 0 Å². The van der Waals surface area contributed by atoms with Gasteiger partial charge in [-0.05, 0) is 90.4 Å². The summed E-state index contributed by atoms with van der Waals surface area (Å²) < 4.78 is 89.5. The minimum Gasteiger partial charge on any atom is -0.508 e. The van der Waals surface area contributed by atoms with Gasteiger partial charge in [0.2, 0.25) is 12.1 Å². The Morgan fingerprint density at radius 2 is 1.00 bits per heavy atom. The van der Waals surface area contributed by atoms with E-state index in [9.17, 15) is 95.5 Å². The van der Waals surface area contributed by atoms with Gasteiger partial charge >= 0.3 is 29.8 Å². The Bertz CT molecular complexity index is 3500. The van der Waals surface area contributed by atoms with Crippen LogP contribution >= 0.6 is 0 Å². The van der Waals surface area contributed by atoms with Crippen molar-refractivity contribution in [1.29, 1.82) is 0 Å². The van der Waals surface area contributed by atoms with Crippen LogP contribution in [-0.2, 0) is 80.8 Å². The number of phenolic OH excluding ortho intramolecular Hbond substituents is 2. The molecule has 0 unspecified atom stereocenters. The average Bonchev–Trinajstić information content (AvgIpc) is 1.70. The Kier molecular flexibility index (Phi) is 26.4. The van der Waals surface area contributed by atoms with E-state index in [0.29, 0.717) is 11.1 Å². The summed E-state index contributed by atoms with van der Waals surface area (Å²) in [6, 6.07) is 22.2. The van der Waals surface area contributed by atoms with Gasteiger partial charge in [-0.1, -0.05) is 48.5 Å². The number of benzene rings is 4. The monoisotopic (exact) mass is 1430 g/mol. The molecule has 4 aromatic rings. The van der Waals surface area contributed by atoms with Crippen molar-refractivity contribution >= 4 is 48.1 Å². The van der Waals surface area contributed by atoms with Crippen LogP contribution in [0.1, 0.15) is 40.9 Å². The molecule has 0 saturated carbocycles. The van der Waals surface area contributed by atoms with E-state index in [2.05, 4.69) is 0 Å². The summed E-state index contributed by atoms with van der Waals surface area (Å²) in [5.74, 6) is -9.07. The van der Waals surface area contributed by atoms with E-state index in [-0.39, 0.29) is 34.1 Å². The number of aromatic hydroxyl groups is 2. The molecular formula is C67H78O34. The van der Waals surface area contributed by atoms with Gasteiger partial charge in [-0.25, -0.2) is 19.2 Å². The van der Waals surface area contributed by atoms with Crippen molar-refractivity contribution in [3.8, 4) is 23.0 Å². The van der Waals surface area contributed by atoms with Gasteiger partial charge in [-0.15, -0.1) is 0 Å². The third-order valence-electron chi connectivity index (χ3n) is 16.7. The Balaban J connectivity index is 1.15. The summed E-state index contributed by atoms with van der Waals surface area (Å²) in [5.41, 5.74) is 0.817. The molecule has 24 atom stereocenters. The fourth-order valence-electron chi connectivity index (χ4n) is 11.1. The molecule has 4 aromatic carbocycles. The van der Waals surface area contributed by atoms with Gasteiger partial charge in [-0.2, -0.15) is 0 Å². The first-order valence-corrected chi connectivity index (χ1v) is 31.4. The first-order chi connectivity index (χ1) is 48.2. The molecular weight excluding hydrogens is 1350 g/mol. The van der Waals surface area contributed by atoms with Crippen LogP contribution in [0.25, 0.3) is 18.2 Å². The van der Waals surface area contributed by atoms with Crippen molar-refractivity contribution in [1.82, 2.24) is 0 Å². The molecule has 0 spiro atoms. The summed E-state index contributed by atoms with van der Waals surface area (Å²) in [6.07, 6.45) is -40.4. The number of aliphatic hydroxyl groups is 12. The Morgan fingerprint density at radius 1 is 0.485 bits per heavy atom. The highest BCUT2D eigenvalue weighted by Crippen LogP contribution is 2.43. The SMILES string of the molecule is COc1cc(/C=C/C(=O)O[C@H]2[C@H](O[C@@H]3O[C@H](COC(=O)/C=C/c4ccc(O)cc4)[C@@H](O)[C@H](O)[C@H]3O)[C@@H](O[C@@H]3O[C@H](CO)[C@@H](O)[C@H](O)[C@H]3O)[C@@H](O[C@]3(COC(=O)/C=C/c4ccc(O)cc4)O[C@H](CO)[C@@H](O)[C@@H]3OC(=O)c3ccccc3)O[C@@H]2COC(C)=O)ccc1O[C@@H]1O[C@@H](C)[C@H](O)[C@@H](O)[C@H]1O. The number of aliphatic hydroxyl groups excluding tert-OH is 12. The second-order valence-electron chi connectivity index (χ2n) is 23.7. The van der Waals surface area contributed by atoms with Gasteiger partial charge in [0, 0.05) is 25.2 Å². The Hall–Kier alpha value is -8.15. The fourth-order valence-corrected chi connectivity index (χ4v) is 11.1. The second kappa shape index (κ2) is 34.7. The molecule has 5 fully saturated rings. The summed E-state index contributed by atoms with van der Waals surface area (Å²) >= 11 is 0. The standard InChI is InChI=1S/C67H78O34/c1-31-48(76)52(80)55(83)63(91-31)92-39-21-13-35(25-40(39)87-3)16-24-47(75)96-58-44(29-88-32(2)70)95-66(101-67(30-90-46(74)23-15-34-11-19-38(72)20-12-34)61(51(79)42(27-69)100-67)99-62(86)36-7-5-4-6-8-36)60(98-64-56(84)53(81)49(77)41(26-68)93-64)59(58)97-65-57(85)54(82)50(78)43(94-65)28-89-45(73)22-14-33-9-17-37(71)18-10-33/h4-25,31,41-44,48-61,63-66,68-69,71-72,76-85H,26-30H2,1-3H3/b22-14+,23-15+,24-16+/t31-,41+,42+,43+,44+,48-,49+,50+,51+,52+,53-,54-,55+,56+,57+,58+,59-,60+,61-,63-,64-,65-,66+,67-/m0/s1. The molecule has 5 saturated heterocycles. The molecule has 9 rings (SSSR count). The number of ether oxygens (including phenoxy) is 15. The van der Waals surface area contributed by atoms with E-state index < -0.39 is 210 Å². The smallest absolute Gasteiger partial charge is 0.338 e. The van der Waals surface area contributed by atoms with Crippen molar-refractivity contribution in [2.45, 2.75) is 161 Å². The van der Waals surface area contributed by atoms with Crippen molar-refractivity contribution in [3.05, 3.63) is 138 Å². The molecule has 0 aromatic heterocycles. The van der Waals surface area contributed by atoms with Gasteiger partial charge < -0.3 is 143 Å². The molecule has 34 nitrogen and oxygen atoms in total. The van der Waals surface area contributed by atoms with Crippen molar-refractivity contribution in [3.63, 3.8) is 0 Å². The maximum atomic E-state index is 14.6. The van der Waals surface area contributed by atoms with Crippen LogP contribution < -0.4 is 9.47 Å². The first-order valence-electron chi connectivity index (χ1n) is 31.4. The molecule has 14 N–H and O–H groups in total. The highest BCUT2D eigenvalue weighted by atomic mass is 16.8. The third kappa shape index (κ3) is 18.9. The number of carbonyl (C=O) groups excluding carboxylic acids is 5. The van der Waals surface area contributed by atoms with Gasteiger partial charge in [0.05, 0.1) is 32.0 Å². The molecule has 5 heterocycles. The van der Waals surface area contributed by atoms with Gasteiger partial charge in [0.25, 0.3) is 0 Å². The lowest BCUT2D eigenvalue weighted by Crippen LogP contribution is -2.69. The van der Waals surface area contributed by atoms with E-state index in [1.807, 2.05) is 0 Å². The molecule has 34 heteroatoms.